The van der Waals surface area contributed by atoms with Gasteiger partial charge in [-0.3, -0.25) is 9.79 Å². The third-order valence-corrected chi connectivity index (χ3v) is 3.13. The first-order valence-corrected chi connectivity index (χ1v) is 5.75. The predicted octanol–water partition coefficient (Wildman–Crippen LogP) is 1.59. The summed E-state index contributed by atoms with van der Waals surface area (Å²) in [7, 11) is 0. The SMILES string of the molecule is O=C(NC1=NCC2C=CC=CC2=C1)C1CC1. The molecule has 1 aliphatic heterocycles. The third-order valence-electron chi connectivity index (χ3n) is 3.13. The van der Waals surface area contributed by atoms with Crippen LogP contribution < -0.4 is 5.32 Å². The van der Waals surface area contributed by atoms with Crippen molar-refractivity contribution in [2.75, 3.05) is 6.54 Å². The van der Waals surface area contributed by atoms with E-state index in [2.05, 4.69) is 22.5 Å². The minimum atomic E-state index is 0.129. The second kappa shape index (κ2) is 3.74. The van der Waals surface area contributed by atoms with Crippen molar-refractivity contribution in [3.8, 4) is 0 Å². The number of nitrogens with one attached hydrogen (secondary N) is 1. The lowest BCUT2D eigenvalue weighted by Gasteiger charge is -2.20. The fraction of sp³-hybridized carbons (Fsp3) is 0.385. The van der Waals surface area contributed by atoms with Gasteiger partial charge in [0.05, 0.1) is 6.54 Å². The smallest absolute Gasteiger partial charge is 0.228 e. The molecule has 0 aromatic carbocycles. The van der Waals surface area contributed by atoms with Crippen molar-refractivity contribution < 1.29 is 4.79 Å². The fourth-order valence-electron chi connectivity index (χ4n) is 1.97. The highest BCUT2D eigenvalue weighted by atomic mass is 16.2. The normalized spacial score (nSPS) is 26.9. The molecule has 1 heterocycles. The van der Waals surface area contributed by atoms with Gasteiger partial charge in [0.25, 0.3) is 0 Å². The van der Waals surface area contributed by atoms with Crippen LogP contribution in [0.4, 0.5) is 0 Å². The lowest BCUT2D eigenvalue weighted by Crippen LogP contribution is -2.33. The molecule has 16 heavy (non-hydrogen) atoms. The summed E-state index contributed by atoms with van der Waals surface area (Å²) in [6.07, 6.45) is 12.3. The summed E-state index contributed by atoms with van der Waals surface area (Å²) in [6.45, 7) is 0.743. The molecule has 3 heteroatoms. The fourth-order valence-corrected chi connectivity index (χ4v) is 1.97. The van der Waals surface area contributed by atoms with E-state index in [1.807, 2.05) is 18.2 Å². The van der Waals surface area contributed by atoms with E-state index in [1.165, 1.54) is 5.57 Å². The van der Waals surface area contributed by atoms with E-state index in [-0.39, 0.29) is 11.8 Å². The lowest BCUT2D eigenvalue weighted by molar-refractivity contribution is -0.120. The summed E-state index contributed by atoms with van der Waals surface area (Å²) in [6, 6.07) is 0. The summed E-state index contributed by atoms with van der Waals surface area (Å²) in [5.41, 5.74) is 1.24. The number of amidine groups is 1. The molecule has 3 nitrogen and oxygen atoms in total. The highest BCUT2D eigenvalue weighted by Gasteiger charge is 2.30. The molecule has 0 saturated heterocycles. The Kier molecular flexibility index (Phi) is 2.24. The Morgan fingerprint density at radius 2 is 2.25 bits per heavy atom. The minimum absolute atomic E-state index is 0.129. The number of carbonyl (C=O) groups excluding carboxylic acids is 1. The van der Waals surface area contributed by atoms with Gasteiger partial charge in [-0.05, 0) is 24.5 Å². The summed E-state index contributed by atoms with van der Waals surface area (Å²) in [4.78, 5) is 16.0. The van der Waals surface area contributed by atoms with Crippen molar-refractivity contribution in [3.05, 3.63) is 36.0 Å². The molecule has 0 bridgehead atoms. The maximum absolute atomic E-state index is 11.6. The minimum Gasteiger partial charge on any atom is -0.311 e. The maximum Gasteiger partial charge on any atom is 0.228 e. The van der Waals surface area contributed by atoms with E-state index in [4.69, 9.17) is 0 Å². The molecule has 1 N–H and O–H groups in total. The zero-order valence-corrected chi connectivity index (χ0v) is 9.02. The number of rotatable bonds is 1. The van der Waals surface area contributed by atoms with Crippen LogP contribution in [0.5, 0.6) is 0 Å². The van der Waals surface area contributed by atoms with Crippen LogP contribution in [0.15, 0.2) is 40.9 Å². The first kappa shape index (κ1) is 9.58. The van der Waals surface area contributed by atoms with E-state index in [1.54, 1.807) is 0 Å². The molecule has 3 aliphatic rings. The molecule has 82 valence electrons. The van der Waals surface area contributed by atoms with Gasteiger partial charge in [0.1, 0.15) is 5.84 Å². The van der Waals surface area contributed by atoms with E-state index < -0.39 is 0 Å². The number of aliphatic imine (C=N–C) groups is 1. The molecule has 2 aliphatic carbocycles. The van der Waals surface area contributed by atoms with Crippen LogP contribution in [0.25, 0.3) is 0 Å². The van der Waals surface area contributed by atoms with Crippen LogP contribution >= 0.6 is 0 Å². The predicted molar refractivity (Wildman–Crippen MR) is 63.0 cm³/mol. The quantitative estimate of drug-likeness (QED) is 0.707. The largest absolute Gasteiger partial charge is 0.311 e. The Balaban J connectivity index is 1.71. The lowest BCUT2D eigenvalue weighted by atomic mass is 9.92. The Morgan fingerprint density at radius 1 is 1.38 bits per heavy atom. The van der Waals surface area contributed by atoms with Gasteiger partial charge in [-0.15, -0.1) is 0 Å². The molecule has 3 rings (SSSR count). The second-order valence-corrected chi connectivity index (χ2v) is 4.48. The Morgan fingerprint density at radius 3 is 3.06 bits per heavy atom. The van der Waals surface area contributed by atoms with Gasteiger partial charge in [-0.2, -0.15) is 0 Å². The second-order valence-electron chi connectivity index (χ2n) is 4.48. The molecule has 0 aromatic heterocycles. The number of nitrogens with zero attached hydrogens (tertiary/aromatic N) is 1. The van der Waals surface area contributed by atoms with Gasteiger partial charge < -0.3 is 5.32 Å². The highest BCUT2D eigenvalue weighted by molar-refractivity contribution is 6.06. The molecule has 1 saturated carbocycles. The van der Waals surface area contributed by atoms with E-state index >= 15 is 0 Å². The molecule has 1 unspecified atom stereocenters. The summed E-state index contributed by atoms with van der Waals surface area (Å²) in [5.74, 6) is 1.49. The Hall–Kier alpha value is -1.64. The van der Waals surface area contributed by atoms with Crippen LogP contribution in [0.1, 0.15) is 12.8 Å². The molecule has 0 radical (unpaired) electrons. The molecule has 1 atom stereocenters. The molecule has 0 aromatic rings. The topological polar surface area (TPSA) is 41.5 Å². The summed E-state index contributed by atoms with van der Waals surface area (Å²) < 4.78 is 0. The number of hydrogen-bond donors (Lipinski definition) is 1. The number of dihydropyridines is 1. The van der Waals surface area contributed by atoms with Gasteiger partial charge in [0.2, 0.25) is 5.91 Å². The average Bonchev–Trinajstić information content (AvgIpc) is 3.12. The van der Waals surface area contributed by atoms with Crippen molar-refractivity contribution >= 4 is 11.7 Å². The number of allylic oxidation sites excluding steroid dienone is 3. The van der Waals surface area contributed by atoms with Crippen LogP contribution in [0, 0.1) is 11.8 Å². The standard InChI is InChI=1S/C13H14N2O/c16-13(9-5-6-9)15-12-7-10-3-1-2-4-11(10)8-14-12/h1-4,7,9,11H,5-6,8H2,(H,14,15,16). The molecular weight excluding hydrogens is 200 g/mol. The van der Waals surface area contributed by atoms with Crippen molar-refractivity contribution in [2.45, 2.75) is 12.8 Å². The number of amides is 1. The first-order valence-electron chi connectivity index (χ1n) is 5.75. The number of hydrogen-bond acceptors (Lipinski definition) is 2. The first-order chi connectivity index (χ1) is 7.83. The van der Waals surface area contributed by atoms with Crippen molar-refractivity contribution in [2.24, 2.45) is 16.8 Å². The van der Waals surface area contributed by atoms with Crippen molar-refractivity contribution in [1.29, 1.82) is 0 Å². The van der Waals surface area contributed by atoms with Crippen LogP contribution in [0.2, 0.25) is 0 Å². The zero-order valence-electron chi connectivity index (χ0n) is 9.02. The monoisotopic (exact) mass is 214 g/mol. The van der Waals surface area contributed by atoms with Gasteiger partial charge >= 0.3 is 0 Å². The van der Waals surface area contributed by atoms with E-state index in [0.29, 0.717) is 5.92 Å². The Labute approximate surface area is 94.6 Å². The van der Waals surface area contributed by atoms with Gasteiger partial charge in [-0.25, -0.2) is 0 Å². The Bertz CT molecular complexity index is 439. The third kappa shape index (κ3) is 1.85. The van der Waals surface area contributed by atoms with Crippen molar-refractivity contribution in [3.63, 3.8) is 0 Å². The highest BCUT2D eigenvalue weighted by Crippen LogP contribution is 2.29. The van der Waals surface area contributed by atoms with E-state index in [9.17, 15) is 4.79 Å². The molecule has 1 fully saturated rings. The molecule has 1 amide bonds. The van der Waals surface area contributed by atoms with Crippen LogP contribution in [-0.2, 0) is 4.79 Å². The van der Waals surface area contributed by atoms with Crippen LogP contribution in [0.3, 0.4) is 0 Å². The van der Waals surface area contributed by atoms with Gasteiger partial charge in [0, 0.05) is 11.8 Å². The zero-order chi connectivity index (χ0) is 11.0. The maximum atomic E-state index is 11.6. The van der Waals surface area contributed by atoms with E-state index in [0.717, 1.165) is 25.2 Å². The molecule has 0 spiro atoms. The average molecular weight is 214 g/mol. The summed E-state index contributed by atoms with van der Waals surface area (Å²) in [5, 5.41) is 2.89. The van der Waals surface area contributed by atoms with Gasteiger partial charge in [0.15, 0.2) is 0 Å². The van der Waals surface area contributed by atoms with Crippen molar-refractivity contribution in [1.82, 2.24) is 5.32 Å². The number of carbonyl (C=O) groups is 1. The molecular formula is C13H14N2O. The van der Waals surface area contributed by atoms with Gasteiger partial charge in [-0.1, -0.05) is 24.3 Å². The summed E-state index contributed by atoms with van der Waals surface area (Å²) >= 11 is 0. The van der Waals surface area contributed by atoms with Crippen LogP contribution in [-0.4, -0.2) is 18.3 Å². The number of fused-ring (bicyclic) bond motifs is 1.